The summed E-state index contributed by atoms with van der Waals surface area (Å²) in [5.74, 6) is -0.219. The molecule has 15 heavy (non-hydrogen) atoms. The lowest BCUT2D eigenvalue weighted by molar-refractivity contribution is -0.130. The molecular formula is C9H17N3O3. The third kappa shape index (κ3) is 3.09. The third-order valence-corrected chi connectivity index (χ3v) is 2.15. The SMILES string of the molecule is CC(C)NC(=O)C1COCCN1C(N)=O. The van der Waals surface area contributed by atoms with Crippen LogP contribution in [-0.2, 0) is 9.53 Å². The highest BCUT2D eigenvalue weighted by molar-refractivity contribution is 5.87. The lowest BCUT2D eigenvalue weighted by Gasteiger charge is -2.33. The Morgan fingerprint density at radius 1 is 1.53 bits per heavy atom. The summed E-state index contributed by atoms with van der Waals surface area (Å²) in [6.07, 6.45) is 0. The summed E-state index contributed by atoms with van der Waals surface area (Å²) < 4.78 is 5.15. The highest BCUT2D eigenvalue weighted by atomic mass is 16.5. The van der Waals surface area contributed by atoms with E-state index in [1.54, 1.807) is 0 Å². The molecule has 6 nitrogen and oxygen atoms in total. The summed E-state index contributed by atoms with van der Waals surface area (Å²) in [6, 6.07) is -1.14. The van der Waals surface area contributed by atoms with E-state index in [0.29, 0.717) is 13.2 Å². The molecule has 6 heteroatoms. The van der Waals surface area contributed by atoms with E-state index in [9.17, 15) is 9.59 Å². The Bertz CT molecular complexity index is 255. The number of carbonyl (C=O) groups excluding carboxylic acids is 2. The van der Waals surface area contributed by atoms with E-state index in [2.05, 4.69) is 5.32 Å². The van der Waals surface area contributed by atoms with Crippen molar-refractivity contribution < 1.29 is 14.3 Å². The predicted octanol–water partition coefficient (Wildman–Crippen LogP) is -0.709. The van der Waals surface area contributed by atoms with Crippen molar-refractivity contribution in [3.05, 3.63) is 0 Å². The average Bonchev–Trinajstić information content (AvgIpc) is 2.16. The van der Waals surface area contributed by atoms with Crippen LogP contribution in [0.2, 0.25) is 0 Å². The van der Waals surface area contributed by atoms with Crippen molar-refractivity contribution in [2.45, 2.75) is 25.9 Å². The number of ether oxygens (including phenoxy) is 1. The molecule has 0 bridgehead atoms. The largest absolute Gasteiger partial charge is 0.377 e. The quantitative estimate of drug-likeness (QED) is 0.638. The van der Waals surface area contributed by atoms with Crippen molar-refractivity contribution in [1.29, 1.82) is 0 Å². The summed E-state index contributed by atoms with van der Waals surface area (Å²) >= 11 is 0. The molecule has 1 rings (SSSR count). The van der Waals surface area contributed by atoms with Gasteiger partial charge in [-0.15, -0.1) is 0 Å². The number of morpholine rings is 1. The first-order valence-corrected chi connectivity index (χ1v) is 4.96. The van der Waals surface area contributed by atoms with Gasteiger partial charge in [0, 0.05) is 12.6 Å². The topological polar surface area (TPSA) is 84.7 Å². The van der Waals surface area contributed by atoms with Crippen LogP contribution in [0.5, 0.6) is 0 Å². The van der Waals surface area contributed by atoms with Crippen LogP contribution in [-0.4, -0.2) is 48.7 Å². The number of nitrogens with one attached hydrogen (secondary N) is 1. The maximum Gasteiger partial charge on any atom is 0.315 e. The summed E-state index contributed by atoms with van der Waals surface area (Å²) in [5, 5.41) is 2.73. The zero-order valence-electron chi connectivity index (χ0n) is 9.03. The molecule has 0 radical (unpaired) electrons. The molecule has 3 amide bonds. The van der Waals surface area contributed by atoms with Gasteiger partial charge in [0.15, 0.2) is 0 Å². The van der Waals surface area contributed by atoms with Crippen LogP contribution >= 0.6 is 0 Å². The van der Waals surface area contributed by atoms with Crippen molar-refractivity contribution in [3.63, 3.8) is 0 Å². The Morgan fingerprint density at radius 3 is 2.73 bits per heavy atom. The highest BCUT2D eigenvalue weighted by Crippen LogP contribution is 2.06. The van der Waals surface area contributed by atoms with Crippen molar-refractivity contribution in [3.8, 4) is 0 Å². The number of primary amides is 1. The van der Waals surface area contributed by atoms with Crippen molar-refractivity contribution in [2.75, 3.05) is 19.8 Å². The Hall–Kier alpha value is -1.30. The van der Waals surface area contributed by atoms with Gasteiger partial charge in [0.05, 0.1) is 13.2 Å². The van der Waals surface area contributed by atoms with Gasteiger partial charge < -0.3 is 20.7 Å². The summed E-state index contributed by atoms with van der Waals surface area (Å²) in [4.78, 5) is 24.1. The zero-order chi connectivity index (χ0) is 11.4. The molecule has 0 aromatic carbocycles. The first kappa shape index (κ1) is 11.8. The fraction of sp³-hybridized carbons (Fsp3) is 0.778. The summed E-state index contributed by atoms with van der Waals surface area (Å²) in [7, 11) is 0. The molecule has 1 aliphatic rings. The molecule has 1 saturated heterocycles. The van der Waals surface area contributed by atoms with E-state index >= 15 is 0 Å². The molecule has 0 aliphatic carbocycles. The van der Waals surface area contributed by atoms with E-state index in [-0.39, 0.29) is 18.6 Å². The van der Waals surface area contributed by atoms with Gasteiger partial charge >= 0.3 is 6.03 Å². The second-order valence-electron chi connectivity index (χ2n) is 3.79. The molecule has 1 unspecified atom stereocenters. The fourth-order valence-corrected chi connectivity index (χ4v) is 1.47. The highest BCUT2D eigenvalue weighted by Gasteiger charge is 2.31. The van der Waals surface area contributed by atoms with E-state index in [4.69, 9.17) is 10.5 Å². The van der Waals surface area contributed by atoms with Crippen LogP contribution < -0.4 is 11.1 Å². The van der Waals surface area contributed by atoms with Gasteiger partial charge in [-0.05, 0) is 13.8 Å². The monoisotopic (exact) mass is 215 g/mol. The van der Waals surface area contributed by atoms with Gasteiger partial charge in [-0.2, -0.15) is 0 Å². The number of nitrogens with two attached hydrogens (primary N) is 1. The van der Waals surface area contributed by atoms with Crippen LogP contribution in [0.4, 0.5) is 4.79 Å². The first-order chi connectivity index (χ1) is 7.02. The van der Waals surface area contributed by atoms with Gasteiger partial charge in [-0.3, -0.25) is 4.79 Å². The van der Waals surface area contributed by atoms with E-state index in [1.807, 2.05) is 13.8 Å². The van der Waals surface area contributed by atoms with Crippen molar-refractivity contribution >= 4 is 11.9 Å². The van der Waals surface area contributed by atoms with Gasteiger partial charge in [-0.1, -0.05) is 0 Å². The molecule has 86 valence electrons. The number of carbonyl (C=O) groups is 2. The summed E-state index contributed by atoms with van der Waals surface area (Å²) in [6.45, 7) is 4.72. The molecule has 1 atom stereocenters. The smallest absolute Gasteiger partial charge is 0.315 e. The Balaban J connectivity index is 2.63. The first-order valence-electron chi connectivity index (χ1n) is 4.96. The molecule has 1 fully saturated rings. The van der Waals surface area contributed by atoms with Crippen LogP contribution in [0.1, 0.15) is 13.8 Å². The van der Waals surface area contributed by atoms with E-state index < -0.39 is 12.1 Å². The lowest BCUT2D eigenvalue weighted by atomic mass is 10.2. The van der Waals surface area contributed by atoms with Crippen molar-refractivity contribution in [1.82, 2.24) is 10.2 Å². The van der Waals surface area contributed by atoms with Crippen molar-refractivity contribution in [2.24, 2.45) is 5.73 Å². The van der Waals surface area contributed by atoms with Crippen LogP contribution in [0.3, 0.4) is 0 Å². The number of hydrogen-bond donors (Lipinski definition) is 2. The molecule has 1 heterocycles. The minimum Gasteiger partial charge on any atom is -0.377 e. The van der Waals surface area contributed by atoms with Gasteiger partial charge in [0.2, 0.25) is 5.91 Å². The maximum atomic E-state index is 11.7. The van der Waals surface area contributed by atoms with Crippen LogP contribution in [0.15, 0.2) is 0 Å². The number of nitrogens with zero attached hydrogens (tertiary/aromatic N) is 1. The Labute approximate surface area is 88.7 Å². The number of urea groups is 1. The predicted molar refractivity (Wildman–Crippen MR) is 54.2 cm³/mol. The van der Waals surface area contributed by atoms with Crippen LogP contribution in [0.25, 0.3) is 0 Å². The van der Waals surface area contributed by atoms with Crippen LogP contribution in [0, 0.1) is 0 Å². The average molecular weight is 215 g/mol. The molecule has 3 N–H and O–H groups in total. The Morgan fingerprint density at radius 2 is 2.20 bits per heavy atom. The minimum absolute atomic E-state index is 0.0363. The standard InChI is InChI=1S/C9H17N3O3/c1-6(2)11-8(13)7-5-15-4-3-12(7)9(10)14/h6-7H,3-5H2,1-2H3,(H2,10,14)(H,11,13). The maximum absolute atomic E-state index is 11.7. The molecular weight excluding hydrogens is 198 g/mol. The lowest BCUT2D eigenvalue weighted by Crippen LogP contribution is -2.58. The number of amides is 3. The molecule has 1 aliphatic heterocycles. The zero-order valence-corrected chi connectivity index (χ0v) is 9.03. The van der Waals surface area contributed by atoms with Gasteiger partial charge in [-0.25, -0.2) is 4.79 Å². The normalized spacial score (nSPS) is 21.5. The molecule has 0 saturated carbocycles. The number of rotatable bonds is 2. The third-order valence-electron chi connectivity index (χ3n) is 2.15. The number of hydrogen-bond acceptors (Lipinski definition) is 3. The Kier molecular flexibility index (Phi) is 3.90. The minimum atomic E-state index is -0.598. The fourth-order valence-electron chi connectivity index (χ4n) is 1.47. The van der Waals surface area contributed by atoms with E-state index in [1.165, 1.54) is 4.90 Å². The van der Waals surface area contributed by atoms with E-state index in [0.717, 1.165) is 0 Å². The second kappa shape index (κ2) is 4.97. The summed E-state index contributed by atoms with van der Waals surface area (Å²) in [5.41, 5.74) is 5.18. The van der Waals surface area contributed by atoms with Gasteiger partial charge in [0.25, 0.3) is 0 Å². The molecule has 0 aromatic rings. The molecule has 0 aromatic heterocycles. The molecule has 0 spiro atoms. The second-order valence-corrected chi connectivity index (χ2v) is 3.79. The van der Waals surface area contributed by atoms with Gasteiger partial charge in [0.1, 0.15) is 6.04 Å².